The van der Waals surface area contributed by atoms with Gasteiger partial charge in [0.2, 0.25) is 0 Å². The van der Waals surface area contributed by atoms with Crippen LogP contribution in [-0.4, -0.2) is 78.3 Å². The molecule has 8 heteroatoms. The molecule has 2 amide bonds. The maximum atomic E-state index is 12.1. The lowest BCUT2D eigenvalue weighted by Crippen LogP contribution is -2.59. The zero-order valence-corrected chi connectivity index (χ0v) is 12.0. The molecule has 1 rings (SSSR count). The van der Waals surface area contributed by atoms with E-state index >= 15 is 0 Å². The molecule has 1 saturated heterocycles. The van der Waals surface area contributed by atoms with Crippen LogP contribution in [0.4, 0.5) is 4.79 Å². The van der Waals surface area contributed by atoms with E-state index in [1.807, 2.05) is 0 Å². The molecule has 1 aliphatic heterocycles. The van der Waals surface area contributed by atoms with Gasteiger partial charge in [-0.3, -0.25) is 0 Å². The number of carbonyl (C=O) groups excluding carboxylic acids is 1. The number of morpholine rings is 1. The van der Waals surface area contributed by atoms with Crippen molar-refractivity contribution < 1.29 is 29.3 Å². The number of aliphatic carboxylic acids is 1. The van der Waals surface area contributed by atoms with Crippen molar-refractivity contribution in [2.45, 2.75) is 31.6 Å². The highest BCUT2D eigenvalue weighted by Crippen LogP contribution is 2.20. The molecule has 0 bridgehead atoms. The molecule has 0 aliphatic carbocycles. The number of rotatable bonds is 5. The second kappa shape index (κ2) is 6.87. The molecule has 0 radical (unpaired) electrons. The molecule has 1 aliphatic rings. The minimum atomic E-state index is -1.16. The number of methoxy groups -OCH3 is 1. The molecule has 1 heterocycles. The zero-order chi connectivity index (χ0) is 15.3. The summed E-state index contributed by atoms with van der Waals surface area (Å²) in [6.45, 7) is 3.82. The topological polar surface area (TPSA) is 108 Å². The van der Waals surface area contributed by atoms with Gasteiger partial charge in [-0.15, -0.1) is 0 Å². The van der Waals surface area contributed by atoms with E-state index in [4.69, 9.17) is 14.6 Å². The zero-order valence-electron chi connectivity index (χ0n) is 12.0. The molecule has 2 unspecified atom stereocenters. The lowest BCUT2D eigenvalue weighted by Gasteiger charge is -2.42. The minimum absolute atomic E-state index is 0.113. The molecule has 0 spiro atoms. The summed E-state index contributed by atoms with van der Waals surface area (Å²) >= 11 is 0. The van der Waals surface area contributed by atoms with Crippen molar-refractivity contribution in [3.8, 4) is 0 Å². The maximum absolute atomic E-state index is 12.1. The summed E-state index contributed by atoms with van der Waals surface area (Å²) in [7, 11) is 1.36. The van der Waals surface area contributed by atoms with Gasteiger partial charge in [0.1, 0.15) is 0 Å². The average molecular weight is 290 g/mol. The van der Waals surface area contributed by atoms with E-state index in [2.05, 4.69) is 5.32 Å². The molecule has 0 aromatic carbocycles. The molecule has 116 valence electrons. The van der Waals surface area contributed by atoms with Crippen molar-refractivity contribution >= 4 is 12.0 Å². The second-order valence-electron chi connectivity index (χ2n) is 5.36. The highest BCUT2D eigenvalue weighted by atomic mass is 16.5. The first kappa shape index (κ1) is 16.7. The van der Waals surface area contributed by atoms with Crippen LogP contribution in [-0.2, 0) is 14.3 Å². The normalized spacial score (nSPS) is 23.2. The lowest BCUT2D eigenvalue weighted by molar-refractivity contribution is -0.142. The fourth-order valence-electron chi connectivity index (χ4n) is 2.13. The van der Waals surface area contributed by atoms with E-state index in [1.165, 1.54) is 12.0 Å². The lowest BCUT2D eigenvalue weighted by atomic mass is 10.1. The molecule has 0 aromatic rings. The predicted octanol–water partition coefficient (Wildman–Crippen LogP) is -0.733. The SMILES string of the molecule is COCC(NC(=O)N1CC(CO)OC(C)(C)C1)C(=O)O. The largest absolute Gasteiger partial charge is 0.480 e. The number of aliphatic hydroxyl groups excluding tert-OH is 1. The number of urea groups is 1. The van der Waals surface area contributed by atoms with Crippen molar-refractivity contribution in [1.29, 1.82) is 0 Å². The van der Waals surface area contributed by atoms with Crippen LogP contribution < -0.4 is 5.32 Å². The number of aliphatic hydroxyl groups is 1. The molecular formula is C12H22N2O6. The minimum Gasteiger partial charge on any atom is -0.480 e. The third kappa shape index (κ3) is 4.62. The number of amides is 2. The molecule has 0 saturated carbocycles. The molecule has 3 N–H and O–H groups in total. The van der Waals surface area contributed by atoms with Crippen molar-refractivity contribution in [2.24, 2.45) is 0 Å². The van der Waals surface area contributed by atoms with Gasteiger partial charge in [0.05, 0.1) is 38.0 Å². The van der Waals surface area contributed by atoms with Crippen LogP contribution in [0.1, 0.15) is 13.8 Å². The highest BCUT2D eigenvalue weighted by molar-refractivity contribution is 5.82. The number of hydrogen-bond acceptors (Lipinski definition) is 5. The summed E-state index contributed by atoms with van der Waals surface area (Å²) < 4.78 is 10.3. The van der Waals surface area contributed by atoms with Crippen LogP contribution in [0, 0.1) is 0 Å². The van der Waals surface area contributed by atoms with Gasteiger partial charge >= 0.3 is 12.0 Å². The van der Waals surface area contributed by atoms with E-state index in [9.17, 15) is 14.7 Å². The third-order valence-corrected chi connectivity index (χ3v) is 2.90. The highest BCUT2D eigenvalue weighted by Gasteiger charge is 2.36. The molecule has 8 nitrogen and oxygen atoms in total. The maximum Gasteiger partial charge on any atom is 0.328 e. The molecule has 1 fully saturated rings. The van der Waals surface area contributed by atoms with Gasteiger partial charge in [-0.05, 0) is 13.8 Å². The Labute approximate surface area is 117 Å². The summed E-state index contributed by atoms with van der Waals surface area (Å²) in [4.78, 5) is 24.5. The number of carboxylic acid groups (broad SMARTS) is 1. The fraction of sp³-hybridized carbons (Fsp3) is 0.833. The van der Waals surface area contributed by atoms with E-state index in [1.54, 1.807) is 13.8 Å². The Kier molecular flexibility index (Phi) is 5.73. The Hall–Kier alpha value is -1.38. The van der Waals surface area contributed by atoms with Crippen LogP contribution >= 0.6 is 0 Å². The Morgan fingerprint density at radius 2 is 2.20 bits per heavy atom. The standard InChI is InChI=1S/C12H22N2O6/c1-12(2)7-14(4-8(5-15)20-12)11(18)13-9(6-19-3)10(16)17/h8-9,15H,4-7H2,1-3H3,(H,13,18)(H,16,17). The van der Waals surface area contributed by atoms with Crippen molar-refractivity contribution in [1.82, 2.24) is 10.2 Å². The molecule has 0 aromatic heterocycles. The van der Waals surface area contributed by atoms with E-state index in [0.717, 1.165) is 0 Å². The summed E-state index contributed by atoms with van der Waals surface area (Å²) in [6, 6.07) is -1.62. The first-order chi connectivity index (χ1) is 9.29. The number of nitrogens with zero attached hydrogens (tertiary/aromatic N) is 1. The van der Waals surface area contributed by atoms with E-state index in [0.29, 0.717) is 6.54 Å². The Morgan fingerprint density at radius 3 is 2.70 bits per heavy atom. The molecule has 2 atom stereocenters. The number of nitrogens with one attached hydrogen (secondary N) is 1. The van der Waals surface area contributed by atoms with Gasteiger partial charge in [-0.25, -0.2) is 9.59 Å². The van der Waals surface area contributed by atoms with Crippen molar-refractivity contribution in [3.63, 3.8) is 0 Å². The Balaban J connectivity index is 2.67. The molecule has 20 heavy (non-hydrogen) atoms. The predicted molar refractivity (Wildman–Crippen MR) is 69.4 cm³/mol. The smallest absolute Gasteiger partial charge is 0.328 e. The van der Waals surface area contributed by atoms with Crippen molar-refractivity contribution in [3.05, 3.63) is 0 Å². The van der Waals surface area contributed by atoms with E-state index < -0.39 is 29.7 Å². The first-order valence-electron chi connectivity index (χ1n) is 6.35. The van der Waals surface area contributed by atoms with Crippen LogP contribution in [0.2, 0.25) is 0 Å². The summed E-state index contributed by atoms with van der Waals surface area (Å²) in [5, 5.41) is 20.5. The monoisotopic (exact) mass is 290 g/mol. The van der Waals surface area contributed by atoms with Gasteiger partial charge in [0, 0.05) is 7.11 Å². The summed E-state index contributed by atoms with van der Waals surface area (Å²) in [6.07, 6.45) is -0.477. The van der Waals surface area contributed by atoms with Gasteiger partial charge in [-0.2, -0.15) is 0 Å². The van der Waals surface area contributed by atoms with Gasteiger partial charge < -0.3 is 29.9 Å². The van der Waals surface area contributed by atoms with Gasteiger partial charge in [0.15, 0.2) is 6.04 Å². The van der Waals surface area contributed by atoms with Crippen LogP contribution in [0.15, 0.2) is 0 Å². The van der Waals surface area contributed by atoms with Crippen LogP contribution in [0.5, 0.6) is 0 Å². The Bertz CT molecular complexity index is 360. The first-order valence-corrected chi connectivity index (χ1v) is 6.35. The Morgan fingerprint density at radius 1 is 1.55 bits per heavy atom. The quantitative estimate of drug-likeness (QED) is 0.616. The van der Waals surface area contributed by atoms with E-state index in [-0.39, 0.29) is 19.8 Å². The van der Waals surface area contributed by atoms with Crippen molar-refractivity contribution in [2.75, 3.05) is 33.4 Å². The summed E-state index contributed by atoms with van der Waals surface area (Å²) in [5.74, 6) is -1.16. The number of carboxylic acids is 1. The van der Waals surface area contributed by atoms with Crippen LogP contribution in [0.3, 0.4) is 0 Å². The fourth-order valence-corrected chi connectivity index (χ4v) is 2.13. The van der Waals surface area contributed by atoms with Gasteiger partial charge in [0.25, 0.3) is 0 Å². The number of ether oxygens (including phenoxy) is 2. The van der Waals surface area contributed by atoms with Gasteiger partial charge in [-0.1, -0.05) is 0 Å². The number of carbonyl (C=O) groups is 2. The molecular weight excluding hydrogens is 268 g/mol. The van der Waals surface area contributed by atoms with Crippen LogP contribution in [0.25, 0.3) is 0 Å². The summed E-state index contributed by atoms with van der Waals surface area (Å²) in [5.41, 5.74) is -0.594. The number of hydrogen-bond donors (Lipinski definition) is 3. The third-order valence-electron chi connectivity index (χ3n) is 2.90. The second-order valence-corrected chi connectivity index (χ2v) is 5.36. The average Bonchev–Trinajstić information content (AvgIpc) is 2.35.